The summed E-state index contributed by atoms with van der Waals surface area (Å²) >= 11 is 3.49. The van der Waals surface area contributed by atoms with Crippen LogP contribution in [0.2, 0.25) is 0 Å². The maximum atomic E-state index is 12.7. The highest BCUT2D eigenvalue weighted by Crippen LogP contribution is 2.36. The topological polar surface area (TPSA) is 90.5 Å². The molecule has 10 heteroatoms. The first kappa shape index (κ1) is 45.9. The minimum atomic E-state index is -0.222. The fourth-order valence-electron chi connectivity index (χ4n) is 5.90. The van der Waals surface area contributed by atoms with Gasteiger partial charge in [-0.3, -0.25) is 29.0 Å². The quantitative estimate of drug-likeness (QED) is 0.158. The summed E-state index contributed by atoms with van der Waals surface area (Å²) in [5, 5.41) is 3.17. The minimum Gasteiger partial charge on any atom is -0.496 e. The van der Waals surface area contributed by atoms with Crippen LogP contribution in [-0.4, -0.2) is 105 Å². The van der Waals surface area contributed by atoms with E-state index in [1.807, 2.05) is 68.3 Å². The summed E-state index contributed by atoms with van der Waals surface area (Å²) in [5.41, 5.74) is 2.36. The zero-order valence-corrected chi connectivity index (χ0v) is 27.8. The molecule has 0 N–H and O–H groups in total. The van der Waals surface area contributed by atoms with E-state index < -0.39 is 0 Å². The van der Waals surface area contributed by atoms with Crippen LogP contribution in [0.15, 0.2) is 65.1 Å². The smallest absolute Gasteiger partial charge is 0.261 e. The molecule has 0 fully saturated rings. The third-order valence-corrected chi connectivity index (χ3v) is 8.78. The Labute approximate surface area is 308 Å². The Morgan fingerprint density at radius 1 is 0.560 bits per heavy atom. The van der Waals surface area contributed by atoms with Crippen molar-refractivity contribution in [3.05, 3.63) is 87.4 Å². The van der Waals surface area contributed by atoms with Crippen LogP contribution in [0.5, 0.6) is 5.75 Å². The number of ether oxygens (including phenoxy) is 1. The first-order valence-electron chi connectivity index (χ1n) is 14.9. The van der Waals surface area contributed by atoms with Gasteiger partial charge in [-0.15, -0.1) is 0 Å². The molecule has 9 nitrogen and oxygen atoms in total. The van der Waals surface area contributed by atoms with Crippen LogP contribution in [-0.2, 0) is 0 Å². The Hall–Kier alpha value is -4.12. The number of hydrogen-bond acceptors (Lipinski definition) is 7. The average Bonchev–Trinajstić information content (AvgIpc) is 3.02. The summed E-state index contributed by atoms with van der Waals surface area (Å²) in [4.78, 5) is 57.6. The number of hydrogen-bond donors (Lipinski definition) is 0. The fourth-order valence-corrected chi connectivity index (χ4v) is 6.37. The number of carbonyl (C=O) groups excluding carboxylic acids is 4. The van der Waals surface area contributed by atoms with E-state index in [1.165, 1.54) is 9.80 Å². The molecule has 50 heavy (non-hydrogen) atoms. The second-order valence-electron chi connectivity index (χ2n) is 11.7. The van der Waals surface area contributed by atoms with Crippen LogP contribution < -0.4 is 4.74 Å². The van der Waals surface area contributed by atoms with Crippen molar-refractivity contribution in [1.82, 2.24) is 19.6 Å². The Kier molecular flexibility index (Phi) is 17.7. The summed E-state index contributed by atoms with van der Waals surface area (Å²) in [6.07, 6.45) is 1.53. The first-order valence-corrected chi connectivity index (χ1v) is 15.7. The summed E-state index contributed by atoms with van der Waals surface area (Å²) in [7, 11) is 9.50. The SMILES string of the molecule is C.C.C.C.C.CN(C)CCCN1C(=O)c2cccc3c(Br)ccc(c23)C1=O.COc1ccc2c3c(cccc13)C(=O)N(CCCN(C)C)C2=O. The summed E-state index contributed by atoms with van der Waals surface area (Å²) < 4.78 is 6.25. The third kappa shape index (κ3) is 8.78. The van der Waals surface area contributed by atoms with E-state index in [-0.39, 0.29) is 60.8 Å². The number of benzene rings is 4. The van der Waals surface area contributed by atoms with Crippen LogP contribution in [0.25, 0.3) is 21.5 Å². The number of nitrogens with zero attached hydrogens (tertiary/aromatic N) is 4. The highest BCUT2D eigenvalue weighted by molar-refractivity contribution is 9.10. The highest BCUT2D eigenvalue weighted by Gasteiger charge is 2.34. The number of halogens is 1. The molecule has 0 spiro atoms. The predicted molar refractivity (Wildman–Crippen MR) is 213 cm³/mol. The van der Waals surface area contributed by atoms with E-state index in [2.05, 4.69) is 15.9 Å². The molecular weight excluding hydrogens is 696 g/mol. The molecular formula is C40H57BrN4O5. The lowest BCUT2D eigenvalue weighted by Gasteiger charge is -2.28. The van der Waals surface area contributed by atoms with Crippen molar-refractivity contribution in [3.8, 4) is 5.75 Å². The van der Waals surface area contributed by atoms with Crippen molar-refractivity contribution < 1.29 is 23.9 Å². The number of imide groups is 2. The zero-order chi connectivity index (χ0) is 32.4. The standard InChI is InChI=1S/C18H20N2O3.C17H17BrN2O2.5CH4/c1-19(2)10-5-11-20-17(21)13-7-4-6-12-15(23-3)9-8-14(16(12)13)18(20)22;1-19(2)9-4-10-20-16(21)12-6-3-5-11-14(18)8-7-13(15(11)12)17(20)22;;;;;/h4,6-9H,5,10-11H2,1-3H3;3,5-8H,4,9-10H2,1-2H3;5*1H4. The van der Waals surface area contributed by atoms with Gasteiger partial charge in [0.1, 0.15) is 5.75 Å². The molecule has 6 rings (SSSR count). The van der Waals surface area contributed by atoms with Crippen LogP contribution in [0.1, 0.15) is 91.4 Å². The molecule has 2 heterocycles. The second kappa shape index (κ2) is 19.3. The number of methoxy groups -OCH3 is 1. The first-order chi connectivity index (χ1) is 21.5. The van der Waals surface area contributed by atoms with Crippen molar-refractivity contribution in [2.45, 2.75) is 50.0 Å². The fraction of sp³-hybridized carbons (Fsp3) is 0.400. The second-order valence-corrected chi connectivity index (χ2v) is 12.6. The van der Waals surface area contributed by atoms with E-state index >= 15 is 0 Å². The molecule has 4 aromatic carbocycles. The Morgan fingerprint density at radius 2 is 0.940 bits per heavy atom. The molecule has 0 radical (unpaired) electrons. The molecule has 0 saturated heterocycles. The molecule has 0 aliphatic carbocycles. The van der Waals surface area contributed by atoms with Crippen LogP contribution in [0, 0.1) is 0 Å². The van der Waals surface area contributed by atoms with E-state index in [1.54, 1.807) is 37.4 Å². The van der Waals surface area contributed by atoms with Crippen molar-refractivity contribution >= 4 is 61.1 Å². The molecule has 4 amide bonds. The van der Waals surface area contributed by atoms with Crippen molar-refractivity contribution in [2.75, 3.05) is 61.5 Å². The Bertz CT molecular complexity index is 1780. The monoisotopic (exact) mass is 752 g/mol. The van der Waals surface area contributed by atoms with Gasteiger partial charge >= 0.3 is 0 Å². The predicted octanol–water partition coefficient (Wildman–Crippen LogP) is 8.73. The van der Waals surface area contributed by atoms with Gasteiger partial charge < -0.3 is 14.5 Å². The molecule has 2 aliphatic heterocycles. The molecule has 0 saturated carbocycles. The van der Waals surface area contributed by atoms with Crippen molar-refractivity contribution in [3.63, 3.8) is 0 Å². The summed E-state index contributed by atoms with van der Waals surface area (Å²) in [6.45, 7) is 2.55. The van der Waals surface area contributed by atoms with Gasteiger partial charge in [0.05, 0.1) is 7.11 Å². The van der Waals surface area contributed by atoms with Crippen LogP contribution in [0.3, 0.4) is 0 Å². The van der Waals surface area contributed by atoms with Gasteiger partial charge in [0.15, 0.2) is 0 Å². The molecule has 4 aromatic rings. The van der Waals surface area contributed by atoms with E-state index in [9.17, 15) is 19.2 Å². The summed E-state index contributed by atoms with van der Waals surface area (Å²) in [5.74, 6) is -0.160. The van der Waals surface area contributed by atoms with Gasteiger partial charge in [0.25, 0.3) is 23.6 Å². The lowest BCUT2D eigenvalue weighted by atomic mass is 9.93. The van der Waals surface area contributed by atoms with E-state index in [0.717, 1.165) is 46.6 Å². The van der Waals surface area contributed by atoms with Crippen LogP contribution >= 0.6 is 15.9 Å². The third-order valence-electron chi connectivity index (χ3n) is 8.08. The number of carbonyl (C=O) groups is 4. The van der Waals surface area contributed by atoms with Gasteiger partial charge in [0, 0.05) is 56.0 Å². The highest BCUT2D eigenvalue weighted by atomic mass is 79.9. The molecule has 0 bridgehead atoms. The van der Waals surface area contributed by atoms with Crippen molar-refractivity contribution in [1.29, 1.82) is 0 Å². The van der Waals surface area contributed by atoms with Crippen LogP contribution in [0.4, 0.5) is 0 Å². The lowest BCUT2D eigenvalue weighted by Crippen LogP contribution is -2.41. The molecule has 274 valence electrons. The molecule has 2 aliphatic rings. The van der Waals surface area contributed by atoms with Gasteiger partial charge in [-0.2, -0.15) is 0 Å². The normalized spacial score (nSPS) is 12.7. The molecule has 0 atom stereocenters. The van der Waals surface area contributed by atoms with Gasteiger partial charge in [-0.05, 0) is 95.9 Å². The summed E-state index contributed by atoms with van der Waals surface area (Å²) in [6, 6.07) is 18.3. The Balaban J connectivity index is 0.000000874. The average molecular weight is 754 g/mol. The molecule has 0 unspecified atom stereocenters. The van der Waals surface area contributed by atoms with Crippen molar-refractivity contribution in [2.24, 2.45) is 0 Å². The van der Waals surface area contributed by atoms with Gasteiger partial charge in [-0.25, -0.2) is 0 Å². The van der Waals surface area contributed by atoms with E-state index in [4.69, 9.17) is 4.74 Å². The largest absolute Gasteiger partial charge is 0.496 e. The van der Waals surface area contributed by atoms with Gasteiger partial charge in [-0.1, -0.05) is 77.3 Å². The number of rotatable bonds is 9. The Morgan fingerprint density at radius 3 is 1.36 bits per heavy atom. The molecule has 0 aromatic heterocycles. The van der Waals surface area contributed by atoms with E-state index in [0.29, 0.717) is 46.5 Å². The maximum absolute atomic E-state index is 12.7. The zero-order valence-electron chi connectivity index (χ0n) is 26.2. The minimum absolute atomic E-state index is 0. The lowest BCUT2D eigenvalue weighted by molar-refractivity contribution is 0.0590. The number of amides is 4. The maximum Gasteiger partial charge on any atom is 0.261 e. The van der Waals surface area contributed by atoms with Gasteiger partial charge in [0.2, 0.25) is 0 Å².